The first kappa shape index (κ1) is 34.8. The Morgan fingerprint density at radius 3 is 2.21 bits per heavy atom. The lowest BCUT2D eigenvalue weighted by Gasteiger charge is -2.24. The first-order chi connectivity index (χ1) is 23.2. The van der Waals surface area contributed by atoms with Crippen LogP contribution in [0.15, 0.2) is 84.9 Å². The molecular weight excluding hydrogens is 612 g/mol. The summed E-state index contributed by atoms with van der Waals surface area (Å²) in [6.45, 7) is 2.15. The molecule has 1 fully saturated rings. The molecule has 0 aliphatic heterocycles. The van der Waals surface area contributed by atoms with Crippen molar-refractivity contribution in [2.45, 2.75) is 76.9 Å². The maximum atomic E-state index is 14.8. The van der Waals surface area contributed by atoms with Gasteiger partial charge in [0.1, 0.15) is 24.0 Å². The average molecular weight is 656 g/mol. The first-order valence-corrected chi connectivity index (χ1v) is 16.8. The van der Waals surface area contributed by atoms with Gasteiger partial charge >= 0.3 is 11.9 Å². The second-order valence-corrected chi connectivity index (χ2v) is 12.7. The molecular formula is C40H43F2NO5. The van der Waals surface area contributed by atoms with Gasteiger partial charge in [0.25, 0.3) is 0 Å². The van der Waals surface area contributed by atoms with E-state index in [1.54, 1.807) is 30.3 Å². The molecule has 0 radical (unpaired) electrons. The number of carboxylic acid groups (broad SMARTS) is 2. The van der Waals surface area contributed by atoms with Crippen LogP contribution in [0.4, 0.5) is 8.78 Å². The topological polar surface area (TPSA) is 87.1 Å². The van der Waals surface area contributed by atoms with Gasteiger partial charge < -0.3 is 14.9 Å². The van der Waals surface area contributed by atoms with Gasteiger partial charge in [0.2, 0.25) is 0 Å². The van der Waals surface area contributed by atoms with Crippen molar-refractivity contribution in [2.24, 2.45) is 0 Å². The summed E-state index contributed by atoms with van der Waals surface area (Å²) in [6.07, 6.45) is 8.23. The van der Waals surface area contributed by atoms with Gasteiger partial charge in [-0.3, -0.25) is 9.69 Å². The van der Waals surface area contributed by atoms with Gasteiger partial charge in [-0.25, -0.2) is 13.6 Å². The highest BCUT2D eigenvalue weighted by molar-refractivity contribution is 5.87. The number of carboxylic acids is 2. The monoisotopic (exact) mass is 655 g/mol. The van der Waals surface area contributed by atoms with Crippen LogP contribution in [0.1, 0.15) is 89.9 Å². The van der Waals surface area contributed by atoms with Crippen molar-refractivity contribution in [1.82, 2.24) is 4.90 Å². The van der Waals surface area contributed by atoms with E-state index in [0.29, 0.717) is 68.3 Å². The van der Waals surface area contributed by atoms with Crippen LogP contribution in [-0.2, 0) is 24.4 Å². The van der Waals surface area contributed by atoms with Crippen molar-refractivity contribution in [3.63, 3.8) is 0 Å². The van der Waals surface area contributed by atoms with E-state index < -0.39 is 23.6 Å². The van der Waals surface area contributed by atoms with Crippen LogP contribution < -0.4 is 4.74 Å². The highest BCUT2D eigenvalue weighted by Gasteiger charge is 2.17. The lowest BCUT2D eigenvalue weighted by molar-refractivity contribution is -0.137. The largest absolute Gasteiger partial charge is 0.489 e. The summed E-state index contributed by atoms with van der Waals surface area (Å²) in [5.74, 6) is -1.80. The lowest BCUT2D eigenvalue weighted by atomic mass is 9.84. The third kappa shape index (κ3) is 9.97. The second kappa shape index (κ2) is 17.0. The second-order valence-electron chi connectivity index (χ2n) is 12.7. The molecule has 2 N–H and O–H groups in total. The Morgan fingerprint density at radius 1 is 0.792 bits per heavy atom. The molecule has 252 valence electrons. The number of aromatic carboxylic acids is 1. The van der Waals surface area contributed by atoms with Crippen molar-refractivity contribution in [3.05, 3.63) is 124 Å². The molecule has 1 saturated carbocycles. The normalized spacial score (nSPS) is 13.5. The SMILES string of the molecule is O=C(O)CCCCN(CCc1cc(-c2ccc(F)cc2F)ccc1OCc1ccc(C2CCCCC2)cc1)Cc1ccc(C(=O)O)cc1. The minimum atomic E-state index is -0.989. The molecule has 4 aromatic carbocycles. The quantitative estimate of drug-likeness (QED) is 0.117. The highest BCUT2D eigenvalue weighted by Crippen LogP contribution is 2.33. The van der Waals surface area contributed by atoms with Crippen LogP contribution >= 0.6 is 0 Å². The van der Waals surface area contributed by atoms with Crippen molar-refractivity contribution in [3.8, 4) is 16.9 Å². The Balaban J connectivity index is 1.34. The third-order valence-electron chi connectivity index (χ3n) is 9.17. The summed E-state index contributed by atoms with van der Waals surface area (Å²) in [6, 6.07) is 24.5. The van der Waals surface area contributed by atoms with Gasteiger partial charge in [-0.1, -0.05) is 61.7 Å². The van der Waals surface area contributed by atoms with Gasteiger partial charge in [-0.2, -0.15) is 0 Å². The molecule has 5 rings (SSSR count). The van der Waals surface area contributed by atoms with E-state index in [-0.39, 0.29) is 12.0 Å². The number of rotatable bonds is 16. The smallest absolute Gasteiger partial charge is 0.335 e. The molecule has 0 amide bonds. The zero-order valence-corrected chi connectivity index (χ0v) is 27.2. The Labute approximate surface area is 281 Å². The molecule has 0 spiro atoms. The fourth-order valence-corrected chi connectivity index (χ4v) is 6.46. The Kier molecular flexibility index (Phi) is 12.3. The Hall–Kier alpha value is -4.56. The highest BCUT2D eigenvalue weighted by atomic mass is 19.1. The number of carbonyl (C=O) groups is 2. The first-order valence-electron chi connectivity index (χ1n) is 16.8. The molecule has 0 heterocycles. The molecule has 1 aliphatic carbocycles. The van der Waals surface area contributed by atoms with E-state index in [4.69, 9.17) is 9.84 Å². The van der Waals surface area contributed by atoms with Crippen molar-refractivity contribution in [2.75, 3.05) is 13.1 Å². The summed E-state index contributed by atoms with van der Waals surface area (Å²) >= 11 is 0. The summed E-state index contributed by atoms with van der Waals surface area (Å²) in [5, 5.41) is 18.4. The van der Waals surface area contributed by atoms with Gasteiger partial charge in [-0.05, 0) is 109 Å². The number of nitrogens with zero attached hydrogens (tertiary/aromatic N) is 1. The molecule has 0 aromatic heterocycles. The number of aliphatic carboxylic acids is 1. The molecule has 4 aromatic rings. The Bertz CT molecular complexity index is 1670. The number of hydrogen-bond donors (Lipinski definition) is 2. The van der Waals surface area contributed by atoms with Crippen LogP contribution in [-0.4, -0.2) is 40.1 Å². The number of benzene rings is 4. The molecule has 0 saturated heterocycles. The van der Waals surface area contributed by atoms with Crippen LogP contribution in [0.25, 0.3) is 11.1 Å². The molecule has 6 nitrogen and oxygen atoms in total. The fourth-order valence-electron chi connectivity index (χ4n) is 6.46. The van der Waals surface area contributed by atoms with Crippen LogP contribution in [0, 0.1) is 11.6 Å². The third-order valence-corrected chi connectivity index (χ3v) is 9.17. The predicted molar refractivity (Wildman–Crippen MR) is 182 cm³/mol. The zero-order valence-electron chi connectivity index (χ0n) is 27.2. The lowest BCUT2D eigenvalue weighted by Crippen LogP contribution is -2.27. The van der Waals surface area contributed by atoms with Gasteiger partial charge in [0.15, 0.2) is 0 Å². The maximum absolute atomic E-state index is 14.8. The van der Waals surface area contributed by atoms with Crippen molar-refractivity contribution in [1.29, 1.82) is 0 Å². The zero-order chi connectivity index (χ0) is 33.9. The summed E-state index contributed by atoms with van der Waals surface area (Å²) in [4.78, 5) is 24.6. The van der Waals surface area contributed by atoms with E-state index in [9.17, 15) is 23.5 Å². The molecule has 0 bridgehead atoms. The minimum Gasteiger partial charge on any atom is -0.489 e. The van der Waals surface area contributed by atoms with Gasteiger partial charge in [0, 0.05) is 31.1 Å². The molecule has 0 atom stereocenters. The van der Waals surface area contributed by atoms with Crippen LogP contribution in [0.2, 0.25) is 0 Å². The summed E-state index contributed by atoms with van der Waals surface area (Å²) in [7, 11) is 0. The summed E-state index contributed by atoms with van der Waals surface area (Å²) in [5.41, 5.74) is 5.36. The molecule has 48 heavy (non-hydrogen) atoms. The maximum Gasteiger partial charge on any atom is 0.335 e. The van der Waals surface area contributed by atoms with E-state index in [1.165, 1.54) is 49.8 Å². The number of unbranched alkanes of at least 4 members (excludes halogenated alkanes) is 1. The van der Waals surface area contributed by atoms with Crippen molar-refractivity contribution >= 4 is 11.9 Å². The van der Waals surface area contributed by atoms with Gasteiger partial charge in [0.05, 0.1) is 5.56 Å². The van der Waals surface area contributed by atoms with E-state index in [0.717, 1.165) is 22.8 Å². The minimum absolute atomic E-state index is 0.0893. The van der Waals surface area contributed by atoms with Gasteiger partial charge in [-0.15, -0.1) is 0 Å². The van der Waals surface area contributed by atoms with E-state index in [1.807, 2.05) is 12.1 Å². The molecule has 8 heteroatoms. The number of hydrogen-bond acceptors (Lipinski definition) is 4. The van der Waals surface area contributed by atoms with E-state index in [2.05, 4.69) is 29.2 Å². The Morgan fingerprint density at radius 2 is 1.52 bits per heavy atom. The number of ether oxygens (including phenoxy) is 1. The predicted octanol–water partition coefficient (Wildman–Crippen LogP) is 9.26. The molecule has 1 aliphatic rings. The van der Waals surface area contributed by atoms with Crippen molar-refractivity contribution < 1.29 is 33.3 Å². The average Bonchev–Trinajstić information content (AvgIpc) is 3.09. The van der Waals surface area contributed by atoms with E-state index >= 15 is 0 Å². The fraction of sp³-hybridized carbons (Fsp3) is 0.350. The number of halogens is 2. The van der Waals surface area contributed by atoms with Crippen LogP contribution in [0.5, 0.6) is 5.75 Å². The summed E-state index contributed by atoms with van der Waals surface area (Å²) < 4.78 is 34.9. The standard InChI is InChI=1S/C40H43F2NO5/c41-35-18-19-36(37(42)25-35)33-17-20-38(48-27-29-11-13-31(14-12-29)30-6-2-1-3-7-30)34(24-33)21-23-43(22-5-4-8-39(44)45)26-28-9-15-32(16-10-28)40(46)47/h9-20,24-25,30H,1-8,21-23,26-27H2,(H,44,45)(H,46,47). The molecule has 0 unspecified atom stereocenters. The van der Waals surface area contributed by atoms with Crippen LogP contribution in [0.3, 0.4) is 0 Å².